The Morgan fingerprint density at radius 1 is 1.25 bits per heavy atom. The summed E-state index contributed by atoms with van der Waals surface area (Å²) in [5.74, 6) is -0.692. The smallest absolute Gasteiger partial charge is 0.327 e. The number of hydrogen-bond donors (Lipinski definition) is 1. The number of hydrogen-bond acceptors (Lipinski definition) is 5. The third-order valence-corrected chi connectivity index (χ3v) is 6.73. The Bertz CT molecular complexity index is 1600. The highest BCUT2D eigenvalue weighted by Crippen LogP contribution is 2.28. The largest absolute Gasteiger partial charge is 0.372 e. The third-order valence-electron chi connectivity index (χ3n) is 6.73. The minimum Gasteiger partial charge on any atom is -0.372 e. The molecule has 0 bridgehead atoms. The van der Waals surface area contributed by atoms with Crippen molar-refractivity contribution in [1.29, 1.82) is 0 Å². The first-order valence-corrected chi connectivity index (χ1v) is 11.9. The Kier molecular flexibility index (Phi) is 6.13. The number of fused-ring (bicyclic) bond motifs is 2. The molecule has 1 saturated heterocycles. The van der Waals surface area contributed by atoms with Gasteiger partial charge in [0.1, 0.15) is 11.5 Å². The Balaban J connectivity index is 1.36. The summed E-state index contributed by atoms with van der Waals surface area (Å²) in [6.45, 7) is 7.28. The van der Waals surface area contributed by atoms with Crippen LogP contribution in [0.4, 0.5) is 4.39 Å². The van der Waals surface area contributed by atoms with E-state index in [2.05, 4.69) is 26.4 Å². The van der Waals surface area contributed by atoms with Crippen molar-refractivity contribution in [3.63, 3.8) is 0 Å². The quantitative estimate of drug-likeness (QED) is 0.190. The summed E-state index contributed by atoms with van der Waals surface area (Å²) in [6, 6.07) is 8.18. The SMILES string of the molecule is C=C(/C=C(\N=CC)C(=O)c1cn(C)c2ccc(F)cc12)N1CCC(n2c(=O)[nH]c3ncccc32)CC1. The second kappa shape index (κ2) is 9.41. The van der Waals surface area contributed by atoms with Gasteiger partial charge in [-0.25, -0.2) is 14.2 Å². The van der Waals surface area contributed by atoms with E-state index < -0.39 is 5.82 Å². The number of nitrogens with one attached hydrogen (secondary N) is 1. The van der Waals surface area contributed by atoms with Crippen LogP contribution in [-0.4, -0.2) is 49.1 Å². The van der Waals surface area contributed by atoms with Crippen LogP contribution in [0, 0.1) is 5.82 Å². The average Bonchev–Trinajstić information content (AvgIpc) is 3.38. The summed E-state index contributed by atoms with van der Waals surface area (Å²) in [5.41, 5.74) is 3.30. The molecule has 1 N–H and O–H groups in total. The van der Waals surface area contributed by atoms with Crippen LogP contribution in [-0.2, 0) is 7.05 Å². The number of nitrogens with zero attached hydrogens (tertiary/aromatic N) is 5. The van der Waals surface area contributed by atoms with Crippen LogP contribution >= 0.6 is 0 Å². The molecule has 5 rings (SSSR count). The number of aryl methyl sites for hydroxylation is 1. The molecular weight excluding hydrogens is 459 g/mol. The van der Waals surface area contributed by atoms with Gasteiger partial charge in [-0.2, -0.15) is 0 Å². The standard InChI is InChI=1S/C27H27FN6O2/c1-4-29-22(25(35)21-16-32(3)23-8-7-18(28)15-20(21)23)14-17(2)33-12-9-19(10-13-33)34-24-6-5-11-30-26(24)31-27(34)36/h4-8,11,14-16,19H,2,9-10,12-13H2,1,3H3,(H,30,31,36)/b22-14-,29-4?. The number of aliphatic imine (C=N–C) groups is 1. The first-order valence-electron chi connectivity index (χ1n) is 11.9. The van der Waals surface area contributed by atoms with Gasteiger partial charge in [0.2, 0.25) is 5.78 Å². The Morgan fingerprint density at radius 3 is 2.78 bits per heavy atom. The van der Waals surface area contributed by atoms with Crippen LogP contribution in [0.15, 0.2) is 76.6 Å². The molecule has 1 aliphatic heterocycles. The lowest BCUT2D eigenvalue weighted by Gasteiger charge is -2.34. The van der Waals surface area contributed by atoms with E-state index in [9.17, 15) is 14.0 Å². The number of aromatic amines is 1. The van der Waals surface area contributed by atoms with E-state index >= 15 is 0 Å². The maximum absolute atomic E-state index is 13.9. The first-order chi connectivity index (χ1) is 17.4. The normalized spacial score (nSPS) is 15.4. The van der Waals surface area contributed by atoms with Crippen LogP contribution in [0.1, 0.15) is 36.2 Å². The third kappa shape index (κ3) is 4.17. The van der Waals surface area contributed by atoms with Crippen LogP contribution in [0.3, 0.4) is 0 Å². The van der Waals surface area contributed by atoms with Crippen molar-refractivity contribution in [1.82, 2.24) is 24.0 Å². The van der Waals surface area contributed by atoms with Gasteiger partial charge >= 0.3 is 5.69 Å². The Labute approximate surface area is 207 Å². The number of halogens is 1. The lowest BCUT2D eigenvalue weighted by molar-refractivity contribution is 0.103. The van der Waals surface area contributed by atoms with E-state index in [1.54, 1.807) is 46.8 Å². The van der Waals surface area contributed by atoms with E-state index in [-0.39, 0.29) is 23.2 Å². The van der Waals surface area contributed by atoms with E-state index in [0.29, 0.717) is 35.4 Å². The van der Waals surface area contributed by atoms with Crippen molar-refractivity contribution in [3.05, 3.63) is 88.6 Å². The van der Waals surface area contributed by atoms with Gasteiger partial charge in [0.05, 0.1) is 5.52 Å². The summed E-state index contributed by atoms with van der Waals surface area (Å²) in [7, 11) is 1.82. The molecule has 1 fully saturated rings. The second-order valence-corrected chi connectivity index (χ2v) is 8.94. The molecule has 8 nitrogen and oxygen atoms in total. The van der Waals surface area contributed by atoms with Gasteiger partial charge in [0, 0.05) is 67.0 Å². The lowest BCUT2D eigenvalue weighted by atomic mass is 10.0. The predicted molar refractivity (Wildman–Crippen MR) is 139 cm³/mol. The molecule has 4 heterocycles. The molecule has 4 aromatic rings. The topological polar surface area (TPSA) is 88.3 Å². The van der Waals surface area contributed by atoms with Crippen molar-refractivity contribution in [3.8, 4) is 0 Å². The molecule has 36 heavy (non-hydrogen) atoms. The number of benzene rings is 1. The molecule has 0 radical (unpaired) electrons. The van der Waals surface area contributed by atoms with Gasteiger partial charge in [-0.3, -0.25) is 19.3 Å². The highest BCUT2D eigenvalue weighted by molar-refractivity contribution is 6.16. The fourth-order valence-corrected chi connectivity index (χ4v) is 4.97. The van der Waals surface area contributed by atoms with Crippen LogP contribution in [0.25, 0.3) is 22.1 Å². The summed E-state index contributed by atoms with van der Waals surface area (Å²) >= 11 is 0. The Morgan fingerprint density at radius 2 is 2.03 bits per heavy atom. The molecule has 0 unspecified atom stereocenters. The number of allylic oxidation sites excluding steroid dienone is 2. The molecule has 0 spiro atoms. The molecule has 0 aliphatic carbocycles. The van der Waals surface area contributed by atoms with Gasteiger partial charge in [-0.15, -0.1) is 0 Å². The number of carbonyl (C=O) groups excluding carboxylic acids is 1. The van der Waals surface area contributed by atoms with Crippen molar-refractivity contribution in [2.24, 2.45) is 12.0 Å². The van der Waals surface area contributed by atoms with Crippen LogP contribution in [0.5, 0.6) is 0 Å². The number of carbonyl (C=O) groups is 1. The first kappa shape index (κ1) is 23.5. The van der Waals surface area contributed by atoms with Crippen LogP contribution in [0.2, 0.25) is 0 Å². The molecule has 9 heteroatoms. The summed E-state index contributed by atoms with van der Waals surface area (Å²) in [4.78, 5) is 39.5. The number of H-pyrrole nitrogens is 1. The number of pyridine rings is 1. The minimum atomic E-state index is -0.398. The van der Waals surface area contributed by atoms with E-state index in [0.717, 1.165) is 23.9 Å². The number of likely N-dealkylation sites (tertiary alicyclic amines) is 1. The maximum Gasteiger partial charge on any atom is 0.327 e. The highest BCUT2D eigenvalue weighted by atomic mass is 19.1. The second-order valence-electron chi connectivity index (χ2n) is 8.94. The molecule has 0 saturated carbocycles. The van der Waals surface area contributed by atoms with Crippen molar-refractivity contribution in [2.75, 3.05) is 13.1 Å². The van der Waals surface area contributed by atoms with Crippen molar-refractivity contribution < 1.29 is 9.18 Å². The maximum atomic E-state index is 13.9. The lowest BCUT2D eigenvalue weighted by Crippen LogP contribution is -2.36. The number of ketones is 1. The Hall–Kier alpha value is -4.27. The van der Waals surface area contributed by atoms with Crippen LogP contribution < -0.4 is 5.69 Å². The van der Waals surface area contributed by atoms with Crippen molar-refractivity contribution >= 4 is 34.1 Å². The number of piperidine rings is 1. The molecule has 1 aliphatic rings. The van der Waals surface area contributed by atoms with Gasteiger partial charge < -0.3 is 9.47 Å². The summed E-state index contributed by atoms with van der Waals surface area (Å²) in [6.07, 6.45) is 8.10. The highest BCUT2D eigenvalue weighted by Gasteiger charge is 2.25. The van der Waals surface area contributed by atoms with Gasteiger partial charge in [0.15, 0.2) is 5.65 Å². The molecule has 184 valence electrons. The van der Waals surface area contributed by atoms with E-state index in [1.165, 1.54) is 12.1 Å². The van der Waals surface area contributed by atoms with Gasteiger partial charge in [-0.1, -0.05) is 6.58 Å². The van der Waals surface area contributed by atoms with E-state index in [4.69, 9.17) is 0 Å². The molecule has 0 amide bonds. The molecule has 1 aromatic carbocycles. The minimum absolute atomic E-state index is 0.0452. The monoisotopic (exact) mass is 486 g/mol. The number of imidazole rings is 1. The number of aromatic nitrogens is 4. The van der Waals surface area contributed by atoms with E-state index in [1.807, 2.05) is 19.2 Å². The number of Topliss-reactive ketones (excluding diaryl/α,β-unsaturated/α-hetero) is 1. The van der Waals surface area contributed by atoms with Gasteiger partial charge in [-0.05, 0) is 56.2 Å². The summed E-state index contributed by atoms with van der Waals surface area (Å²) < 4.78 is 17.5. The predicted octanol–water partition coefficient (Wildman–Crippen LogP) is 4.36. The fourth-order valence-electron chi connectivity index (χ4n) is 4.97. The van der Waals surface area contributed by atoms with Gasteiger partial charge in [0.25, 0.3) is 0 Å². The zero-order chi connectivity index (χ0) is 25.4. The molecule has 3 aromatic heterocycles. The van der Waals surface area contributed by atoms with Crippen molar-refractivity contribution in [2.45, 2.75) is 25.8 Å². The zero-order valence-corrected chi connectivity index (χ0v) is 20.2. The average molecular weight is 487 g/mol. The molecule has 0 atom stereocenters. The molecular formula is C27H27FN6O2. The zero-order valence-electron chi connectivity index (χ0n) is 20.2. The number of rotatable bonds is 6. The fraction of sp³-hybridized carbons (Fsp3) is 0.259. The summed E-state index contributed by atoms with van der Waals surface area (Å²) in [5, 5.41) is 0.546.